The van der Waals surface area contributed by atoms with Crippen molar-refractivity contribution in [2.24, 2.45) is 0 Å². The molecule has 0 bridgehead atoms. The first-order valence-corrected chi connectivity index (χ1v) is 7.59. The molecule has 0 radical (unpaired) electrons. The van der Waals surface area contributed by atoms with Crippen LogP contribution in [0, 0.1) is 6.57 Å². The van der Waals surface area contributed by atoms with Gasteiger partial charge in [-0.1, -0.05) is 57.2 Å². The zero-order valence-electron chi connectivity index (χ0n) is 13.8. The predicted octanol–water partition coefficient (Wildman–Crippen LogP) is 5.54. The summed E-state index contributed by atoms with van der Waals surface area (Å²) in [5, 5.41) is 0. The molecule has 2 rings (SSSR count). The van der Waals surface area contributed by atoms with Gasteiger partial charge in [-0.2, -0.15) is 0 Å². The van der Waals surface area contributed by atoms with E-state index in [0.717, 1.165) is 16.9 Å². The molecule has 0 spiro atoms. The van der Waals surface area contributed by atoms with Crippen molar-refractivity contribution in [1.82, 2.24) is 0 Å². The highest BCUT2D eigenvalue weighted by atomic mass is 16.5. The van der Waals surface area contributed by atoms with Gasteiger partial charge in [0.1, 0.15) is 12.4 Å². The van der Waals surface area contributed by atoms with E-state index in [2.05, 4.69) is 37.7 Å². The van der Waals surface area contributed by atoms with Crippen LogP contribution in [0.25, 0.3) is 4.85 Å². The lowest BCUT2D eigenvalue weighted by molar-refractivity contribution is 0.302. The van der Waals surface area contributed by atoms with E-state index in [1.165, 1.54) is 5.56 Å². The second-order valence-corrected chi connectivity index (χ2v) is 6.58. The van der Waals surface area contributed by atoms with Crippen molar-refractivity contribution in [2.75, 3.05) is 0 Å². The lowest BCUT2D eigenvalue weighted by Gasteiger charge is -2.21. The van der Waals surface area contributed by atoms with Gasteiger partial charge >= 0.3 is 0 Å². The highest BCUT2D eigenvalue weighted by Crippen LogP contribution is 2.33. The molecule has 0 N–H and O–H groups in total. The fourth-order valence-electron chi connectivity index (χ4n) is 2.28. The maximum atomic E-state index is 7.33. The van der Waals surface area contributed by atoms with Crippen molar-refractivity contribution in [3.05, 3.63) is 76.6 Å². The van der Waals surface area contributed by atoms with E-state index in [9.17, 15) is 0 Å². The molecule has 2 aromatic rings. The number of rotatable bonds is 4. The third kappa shape index (κ3) is 3.89. The van der Waals surface area contributed by atoms with E-state index in [0.29, 0.717) is 6.61 Å². The van der Waals surface area contributed by atoms with E-state index in [4.69, 9.17) is 11.3 Å². The normalized spacial score (nSPS) is 12.5. The predicted molar refractivity (Wildman–Crippen MR) is 90.9 cm³/mol. The summed E-state index contributed by atoms with van der Waals surface area (Å²) >= 11 is 0. The molecule has 0 saturated carbocycles. The van der Waals surface area contributed by atoms with E-state index in [-0.39, 0.29) is 11.5 Å². The van der Waals surface area contributed by atoms with Crippen LogP contribution >= 0.6 is 0 Å². The van der Waals surface area contributed by atoms with Crippen molar-refractivity contribution < 1.29 is 4.74 Å². The molecule has 0 aromatic heterocycles. The van der Waals surface area contributed by atoms with Crippen molar-refractivity contribution >= 4 is 0 Å². The van der Waals surface area contributed by atoms with Crippen molar-refractivity contribution in [3.8, 4) is 5.75 Å². The minimum absolute atomic E-state index is 0.0639. The molecular formula is C20H23NO. The van der Waals surface area contributed by atoms with Gasteiger partial charge in [-0.05, 0) is 28.7 Å². The fraction of sp³-hybridized carbons (Fsp3) is 0.350. The van der Waals surface area contributed by atoms with Gasteiger partial charge in [0, 0.05) is 6.92 Å². The Bertz CT molecular complexity index is 662. The van der Waals surface area contributed by atoms with Crippen LogP contribution in [0.1, 0.15) is 50.4 Å². The van der Waals surface area contributed by atoms with Gasteiger partial charge in [0.15, 0.2) is 0 Å². The fourth-order valence-corrected chi connectivity index (χ4v) is 2.28. The third-order valence-corrected chi connectivity index (χ3v) is 3.76. The molecule has 22 heavy (non-hydrogen) atoms. The smallest absolute Gasteiger partial charge is 0.249 e. The zero-order valence-corrected chi connectivity index (χ0v) is 13.8. The average molecular weight is 293 g/mol. The largest absolute Gasteiger partial charge is 0.488 e. The molecule has 0 amide bonds. The number of hydrogen-bond acceptors (Lipinski definition) is 1. The van der Waals surface area contributed by atoms with Gasteiger partial charge in [-0.3, -0.25) is 0 Å². The van der Waals surface area contributed by atoms with Crippen LogP contribution in [0.2, 0.25) is 0 Å². The Morgan fingerprint density at radius 2 is 1.77 bits per heavy atom. The number of benzene rings is 2. The molecule has 2 heteroatoms. The first-order chi connectivity index (χ1) is 10.4. The molecular weight excluding hydrogens is 270 g/mol. The number of nitrogens with zero attached hydrogens (tertiary/aromatic N) is 1. The van der Waals surface area contributed by atoms with Gasteiger partial charge in [-0.25, -0.2) is 6.57 Å². The van der Waals surface area contributed by atoms with Crippen LogP contribution in [0.15, 0.2) is 48.5 Å². The first kappa shape index (κ1) is 16.1. The SMILES string of the molecule is [C-]#[N+]C(C)c1cc(C(C)(C)C)ccc1OCc1ccccc1. The van der Waals surface area contributed by atoms with Crippen molar-refractivity contribution in [1.29, 1.82) is 0 Å². The quantitative estimate of drug-likeness (QED) is 0.674. The molecule has 0 aliphatic carbocycles. The summed E-state index contributed by atoms with van der Waals surface area (Å²) in [6, 6.07) is 16.1. The van der Waals surface area contributed by atoms with Crippen molar-refractivity contribution in [2.45, 2.75) is 45.8 Å². The molecule has 1 atom stereocenters. The Morgan fingerprint density at radius 3 is 2.36 bits per heavy atom. The summed E-state index contributed by atoms with van der Waals surface area (Å²) in [4.78, 5) is 3.67. The van der Waals surface area contributed by atoms with Crippen LogP contribution < -0.4 is 4.74 Å². The Hall–Kier alpha value is -2.27. The molecule has 114 valence electrons. The minimum atomic E-state index is -0.201. The number of hydrogen-bond donors (Lipinski definition) is 0. The molecule has 2 nitrogen and oxygen atoms in total. The Kier molecular flexibility index (Phi) is 4.88. The summed E-state index contributed by atoms with van der Waals surface area (Å²) in [7, 11) is 0. The van der Waals surface area contributed by atoms with Crippen molar-refractivity contribution in [3.63, 3.8) is 0 Å². The molecule has 0 fully saturated rings. The molecule has 0 heterocycles. The van der Waals surface area contributed by atoms with Crippen LogP contribution in [0.4, 0.5) is 0 Å². The first-order valence-electron chi connectivity index (χ1n) is 7.59. The van der Waals surface area contributed by atoms with Gasteiger partial charge in [0.2, 0.25) is 6.04 Å². The zero-order chi connectivity index (χ0) is 16.2. The number of ether oxygens (including phenoxy) is 1. The Labute approximate surface area is 133 Å². The Morgan fingerprint density at radius 1 is 1.09 bits per heavy atom. The van der Waals surface area contributed by atoms with Gasteiger partial charge in [0.25, 0.3) is 0 Å². The van der Waals surface area contributed by atoms with E-state index in [1.807, 2.05) is 43.3 Å². The Balaban J connectivity index is 2.28. The van der Waals surface area contributed by atoms with E-state index >= 15 is 0 Å². The molecule has 2 aromatic carbocycles. The standard InChI is InChI=1S/C20H23NO/c1-15(21-5)18-13-17(20(2,3)4)11-12-19(18)22-14-16-9-7-6-8-10-16/h6-13,15H,14H2,1-4H3. The van der Waals surface area contributed by atoms with Crippen LogP contribution in [0.5, 0.6) is 5.75 Å². The lowest BCUT2D eigenvalue weighted by atomic mass is 9.85. The summed E-state index contributed by atoms with van der Waals surface area (Å²) in [6.07, 6.45) is 0. The second kappa shape index (κ2) is 6.66. The monoisotopic (exact) mass is 293 g/mol. The maximum absolute atomic E-state index is 7.33. The summed E-state index contributed by atoms with van der Waals surface area (Å²) in [5.74, 6) is 0.806. The lowest BCUT2D eigenvalue weighted by Crippen LogP contribution is -2.12. The third-order valence-electron chi connectivity index (χ3n) is 3.76. The molecule has 0 aliphatic rings. The van der Waals surface area contributed by atoms with Gasteiger partial charge in [0.05, 0.1) is 5.56 Å². The second-order valence-electron chi connectivity index (χ2n) is 6.58. The molecule has 0 saturated heterocycles. The van der Waals surface area contributed by atoms with Crippen LogP contribution in [-0.4, -0.2) is 0 Å². The maximum Gasteiger partial charge on any atom is 0.249 e. The van der Waals surface area contributed by atoms with E-state index in [1.54, 1.807) is 0 Å². The highest BCUT2D eigenvalue weighted by molar-refractivity contribution is 5.42. The summed E-state index contributed by atoms with van der Waals surface area (Å²) in [5.41, 5.74) is 3.39. The van der Waals surface area contributed by atoms with E-state index < -0.39 is 0 Å². The van der Waals surface area contributed by atoms with Crippen LogP contribution in [0.3, 0.4) is 0 Å². The minimum Gasteiger partial charge on any atom is -0.488 e. The van der Waals surface area contributed by atoms with Gasteiger partial charge < -0.3 is 9.58 Å². The van der Waals surface area contributed by atoms with Crippen LogP contribution in [-0.2, 0) is 12.0 Å². The molecule has 1 unspecified atom stereocenters. The summed E-state index contributed by atoms with van der Waals surface area (Å²) in [6.45, 7) is 16.3. The van der Waals surface area contributed by atoms with Gasteiger partial charge in [-0.15, -0.1) is 0 Å². The average Bonchev–Trinajstić information content (AvgIpc) is 2.52. The summed E-state index contributed by atoms with van der Waals surface area (Å²) < 4.78 is 5.97. The molecule has 0 aliphatic heterocycles. The highest BCUT2D eigenvalue weighted by Gasteiger charge is 2.21. The topological polar surface area (TPSA) is 13.6 Å².